The molecule has 1 saturated heterocycles. The van der Waals surface area contributed by atoms with Gasteiger partial charge in [0.05, 0.1) is 25.9 Å². The first-order chi connectivity index (χ1) is 12.6. The first-order valence-corrected chi connectivity index (χ1v) is 8.59. The number of ether oxygens (including phenoxy) is 2. The van der Waals surface area contributed by atoms with Gasteiger partial charge in [0.25, 0.3) is 5.91 Å². The second-order valence-electron chi connectivity index (χ2n) is 6.33. The van der Waals surface area contributed by atoms with Crippen molar-refractivity contribution >= 4 is 18.3 Å². The van der Waals surface area contributed by atoms with Crippen molar-refractivity contribution in [2.24, 2.45) is 0 Å². The Balaban J connectivity index is 0.00000261. The number of hydrogen-bond acceptors (Lipinski definition) is 5. The van der Waals surface area contributed by atoms with Crippen molar-refractivity contribution in [3.63, 3.8) is 0 Å². The number of β-amino-alcohol motifs (C(OH)–C–C–N with tert-alkyl or cyclic N) is 1. The number of benzene rings is 2. The molecule has 27 heavy (non-hydrogen) atoms. The Hall–Kier alpha value is -2.28. The summed E-state index contributed by atoms with van der Waals surface area (Å²) in [7, 11) is 3.08. The van der Waals surface area contributed by atoms with Crippen molar-refractivity contribution in [2.75, 3.05) is 27.3 Å². The minimum absolute atomic E-state index is 0. The summed E-state index contributed by atoms with van der Waals surface area (Å²) in [6, 6.07) is 14.6. The lowest BCUT2D eigenvalue weighted by atomic mass is 9.79. The third-order valence-corrected chi connectivity index (χ3v) is 4.87. The average molecular weight is 393 g/mol. The zero-order chi connectivity index (χ0) is 18.6. The van der Waals surface area contributed by atoms with E-state index >= 15 is 0 Å². The molecule has 0 spiro atoms. The molecule has 7 heteroatoms. The van der Waals surface area contributed by atoms with Crippen LogP contribution in [0.5, 0.6) is 11.5 Å². The molecule has 1 amide bonds. The summed E-state index contributed by atoms with van der Waals surface area (Å²) in [5, 5.41) is 17.0. The Morgan fingerprint density at radius 1 is 1.15 bits per heavy atom. The van der Waals surface area contributed by atoms with Crippen molar-refractivity contribution in [2.45, 2.75) is 18.1 Å². The number of nitrogens with one attached hydrogen (secondary N) is 2. The quantitative estimate of drug-likeness (QED) is 0.726. The lowest BCUT2D eigenvalue weighted by molar-refractivity contribution is 0.0289. The van der Waals surface area contributed by atoms with Gasteiger partial charge in [0, 0.05) is 12.1 Å². The lowest BCUT2D eigenvalue weighted by Crippen LogP contribution is -2.61. The second-order valence-corrected chi connectivity index (χ2v) is 6.33. The molecule has 2 aromatic rings. The molecule has 0 radical (unpaired) electrons. The highest BCUT2D eigenvalue weighted by atomic mass is 35.5. The van der Waals surface area contributed by atoms with E-state index in [2.05, 4.69) is 10.6 Å². The number of piperidine rings is 1. The highest BCUT2D eigenvalue weighted by molar-refractivity contribution is 5.95. The Morgan fingerprint density at radius 2 is 1.85 bits per heavy atom. The number of aliphatic hydroxyl groups excluding tert-OH is 1. The fraction of sp³-hybridized carbons (Fsp3) is 0.350. The van der Waals surface area contributed by atoms with Crippen LogP contribution in [0.3, 0.4) is 0 Å². The molecule has 3 rings (SSSR count). The minimum atomic E-state index is -0.837. The molecule has 1 aliphatic heterocycles. The van der Waals surface area contributed by atoms with Gasteiger partial charge in [-0.25, -0.2) is 0 Å². The van der Waals surface area contributed by atoms with Crippen LogP contribution in [-0.4, -0.2) is 44.4 Å². The normalized spacial score (nSPS) is 21.7. The Bertz CT molecular complexity index is 772. The molecular formula is C20H25ClN2O4. The van der Waals surface area contributed by atoms with Gasteiger partial charge < -0.3 is 25.2 Å². The highest BCUT2D eigenvalue weighted by Crippen LogP contribution is 2.32. The van der Waals surface area contributed by atoms with Crippen LogP contribution in [0.1, 0.15) is 22.3 Å². The fourth-order valence-electron chi connectivity index (χ4n) is 3.41. The average Bonchev–Trinajstić information content (AvgIpc) is 2.69. The standard InChI is InChI=1S/C20H24N2O4.ClH/c1-25-16-9-8-14(12-17(16)26-2)19(24)22-20(10-11-21-13-18(20)23)15-6-4-3-5-7-15;/h3-9,12,18,21,23H,10-11,13H2,1-2H3,(H,22,24);1H/t18-,20+;/m1./s1. The first kappa shape index (κ1) is 21.0. The van der Waals surface area contributed by atoms with E-state index in [-0.39, 0.29) is 18.3 Å². The van der Waals surface area contributed by atoms with Gasteiger partial charge in [-0.3, -0.25) is 4.79 Å². The van der Waals surface area contributed by atoms with Gasteiger partial charge in [-0.05, 0) is 36.7 Å². The van der Waals surface area contributed by atoms with Crippen LogP contribution < -0.4 is 20.1 Å². The summed E-state index contributed by atoms with van der Waals surface area (Å²) in [5.74, 6) is 0.777. The maximum atomic E-state index is 13.0. The third kappa shape index (κ3) is 4.18. The van der Waals surface area contributed by atoms with Gasteiger partial charge in [-0.1, -0.05) is 30.3 Å². The van der Waals surface area contributed by atoms with Crippen LogP contribution in [0.2, 0.25) is 0 Å². The summed E-state index contributed by atoms with van der Waals surface area (Å²) >= 11 is 0. The van der Waals surface area contributed by atoms with Crippen LogP contribution in [0.15, 0.2) is 48.5 Å². The second kappa shape index (κ2) is 9.08. The largest absolute Gasteiger partial charge is 0.493 e. The summed E-state index contributed by atoms with van der Waals surface area (Å²) in [5.41, 5.74) is 0.503. The van der Waals surface area contributed by atoms with Crippen molar-refractivity contribution < 1.29 is 19.4 Å². The molecule has 1 aliphatic rings. The number of hydrogen-bond donors (Lipinski definition) is 3. The van der Waals surface area contributed by atoms with Crippen molar-refractivity contribution in [3.8, 4) is 11.5 Å². The predicted octanol–water partition coefficient (Wildman–Crippen LogP) is 2.11. The summed E-state index contributed by atoms with van der Waals surface area (Å²) < 4.78 is 10.5. The van der Waals surface area contributed by atoms with E-state index in [1.807, 2.05) is 30.3 Å². The fourth-order valence-corrected chi connectivity index (χ4v) is 3.41. The molecule has 0 saturated carbocycles. The molecule has 0 unspecified atom stereocenters. The Kier molecular flexibility index (Phi) is 7.07. The number of methoxy groups -OCH3 is 2. The van der Waals surface area contributed by atoms with Crippen LogP contribution in [0.4, 0.5) is 0 Å². The number of halogens is 1. The molecule has 0 bridgehead atoms. The van der Waals surface area contributed by atoms with Crippen molar-refractivity contribution in [1.82, 2.24) is 10.6 Å². The van der Waals surface area contributed by atoms with E-state index in [1.54, 1.807) is 25.3 Å². The zero-order valence-electron chi connectivity index (χ0n) is 15.4. The van der Waals surface area contributed by atoms with Crippen LogP contribution >= 0.6 is 12.4 Å². The molecule has 1 heterocycles. The maximum absolute atomic E-state index is 13.0. The van der Waals surface area contributed by atoms with Crippen molar-refractivity contribution in [1.29, 1.82) is 0 Å². The molecule has 1 fully saturated rings. The van der Waals surface area contributed by atoms with E-state index in [9.17, 15) is 9.90 Å². The summed E-state index contributed by atoms with van der Waals surface area (Å²) in [6.07, 6.45) is -0.139. The number of rotatable bonds is 5. The highest BCUT2D eigenvalue weighted by Gasteiger charge is 2.42. The molecule has 3 N–H and O–H groups in total. The predicted molar refractivity (Wildman–Crippen MR) is 106 cm³/mol. The van der Waals surface area contributed by atoms with Gasteiger partial charge in [-0.2, -0.15) is 0 Å². The Labute approximate surface area is 165 Å². The van der Waals surface area contributed by atoms with Crippen molar-refractivity contribution in [3.05, 3.63) is 59.7 Å². The van der Waals surface area contributed by atoms with Gasteiger partial charge in [0.15, 0.2) is 11.5 Å². The molecule has 2 aromatic carbocycles. The first-order valence-electron chi connectivity index (χ1n) is 8.59. The van der Waals surface area contributed by atoms with Crippen LogP contribution in [-0.2, 0) is 5.54 Å². The monoisotopic (exact) mass is 392 g/mol. The van der Waals surface area contributed by atoms with E-state index in [0.29, 0.717) is 36.6 Å². The van der Waals surface area contributed by atoms with E-state index < -0.39 is 11.6 Å². The molecule has 6 nitrogen and oxygen atoms in total. The van der Waals surface area contributed by atoms with E-state index in [1.165, 1.54) is 7.11 Å². The van der Waals surface area contributed by atoms with Crippen LogP contribution in [0.25, 0.3) is 0 Å². The summed E-state index contributed by atoms with van der Waals surface area (Å²) in [4.78, 5) is 13.0. The summed E-state index contributed by atoms with van der Waals surface area (Å²) in [6.45, 7) is 1.12. The molecular weight excluding hydrogens is 368 g/mol. The maximum Gasteiger partial charge on any atom is 0.252 e. The van der Waals surface area contributed by atoms with E-state index in [0.717, 1.165) is 5.56 Å². The molecule has 146 valence electrons. The van der Waals surface area contributed by atoms with E-state index in [4.69, 9.17) is 9.47 Å². The zero-order valence-corrected chi connectivity index (χ0v) is 16.2. The lowest BCUT2D eigenvalue weighted by Gasteiger charge is -2.43. The van der Waals surface area contributed by atoms with Gasteiger partial charge in [0.1, 0.15) is 0 Å². The number of carbonyl (C=O) groups excluding carboxylic acids is 1. The number of aliphatic hydroxyl groups is 1. The molecule has 0 aromatic heterocycles. The van der Waals surface area contributed by atoms with Gasteiger partial charge >= 0.3 is 0 Å². The third-order valence-electron chi connectivity index (χ3n) is 4.87. The van der Waals surface area contributed by atoms with Crippen LogP contribution in [0, 0.1) is 0 Å². The minimum Gasteiger partial charge on any atom is -0.493 e. The Morgan fingerprint density at radius 3 is 2.48 bits per heavy atom. The SMILES string of the molecule is COc1ccc(C(=O)N[C@]2(c3ccccc3)CCNC[C@H]2O)cc1OC.Cl. The number of carbonyl (C=O) groups is 1. The smallest absolute Gasteiger partial charge is 0.252 e. The number of amides is 1. The topological polar surface area (TPSA) is 79.8 Å². The van der Waals surface area contributed by atoms with Gasteiger partial charge in [-0.15, -0.1) is 12.4 Å². The molecule has 0 aliphatic carbocycles. The van der Waals surface area contributed by atoms with Gasteiger partial charge in [0.2, 0.25) is 0 Å². The molecule has 2 atom stereocenters.